The Morgan fingerprint density at radius 3 is 2.65 bits per heavy atom. The summed E-state index contributed by atoms with van der Waals surface area (Å²) in [5.41, 5.74) is 0.915. The first-order chi connectivity index (χ1) is 9.44. The highest BCUT2D eigenvalue weighted by Gasteiger charge is 2.28. The molecule has 1 fully saturated rings. The number of ether oxygens (including phenoxy) is 2. The second-order valence-electron chi connectivity index (χ2n) is 4.55. The molecule has 0 radical (unpaired) electrons. The lowest BCUT2D eigenvalue weighted by Crippen LogP contribution is -2.19. The van der Waals surface area contributed by atoms with Crippen LogP contribution in [0.25, 0.3) is 0 Å². The molecular formula is C13H15BrF3NO2. The highest BCUT2D eigenvalue weighted by molar-refractivity contribution is 9.10. The number of benzene rings is 1. The van der Waals surface area contributed by atoms with E-state index in [0.717, 1.165) is 10.0 Å². The smallest absolute Gasteiger partial charge is 0.491 e. The van der Waals surface area contributed by atoms with Crippen LogP contribution in [-0.4, -0.2) is 25.6 Å². The molecule has 1 aliphatic rings. The largest absolute Gasteiger partial charge is 0.522 e. The van der Waals surface area contributed by atoms with Crippen molar-refractivity contribution in [1.29, 1.82) is 0 Å². The third kappa shape index (κ3) is 5.68. The van der Waals surface area contributed by atoms with Crippen LogP contribution in [0.5, 0.6) is 5.75 Å². The van der Waals surface area contributed by atoms with E-state index in [9.17, 15) is 13.2 Å². The van der Waals surface area contributed by atoms with Crippen molar-refractivity contribution in [1.82, 2.24) is 5.32 Å². The van der Waals surface area contributed by atoms with Crippen molar-refractivity contribution in [2.75, 3.05) is 13.2 Å². The molecule has 0 aromatic heterocycles. The molecule has 0 spiro atoms. The number of hydrogen-bond acceptors (Lipinski definition) is 3. The van der Waals surface area contributed by atoms with Crippen LogP contribution in [0.15, 0.2) is 22.7 Å². The Labute approximate surface area is 123 Å². The molecule has 3 nitrogen and oxygen atoms in total. The van der Waals surface area contributed by atoms with Gasteiger partial charge in [-0.25, -0.2) is 0 Å². The zero-order valence-electron chi connectivity index (χ0n) is 10.7. The van der Waals surface area contributed by atoms with Gasteiger partial charge in [-0.1, -0.05) is 15.9 Å². The van der Waals surface area contributed by atoms with E-state index in [-0.39, 0.29) is 6.61 Å². The first kappa shape index (κ1) is 15.6. The Bertz CT molecular complexity index is 450. The van der Waals surface area contributed by atoms with Crippen molar-refractivity contribution >= 4 is 15.9 Å². The zero-order valence-corrected chi connectivity index (χ0v) is 12.3. The molecule has 0 unspecified atom stereocenters. The predicted octanol–water partition coefficient (Wildman–Crippen LogP) is 3.62. The van der Waals surface area contributed by atoms with E-state index in [1.165, 1.54) is 12.8 Å². The van der Waals surface area contributed by atoms with E-state index in [1.807, 2.05) is 6.07 Å². The normalized spacial score (nSPS) is 15.4. The molecule has 2 rings (SSSR count). The van der Waals surface area contributed by atoms with Crippen molar-refractivity contribution in [2.45, 2.75) is 31.8 Å². The number of nitrogens with one attached hydrogen (secondary N) is 1. The van der Waals surface area contributed by atoms with Crippen LogP contribution >= 0.6 is 15.9 Å². The molecule has 1 aromatic rings. The van der Waals surface area contributed by atoms with Gasteiger partial charge in [0.15, 0.2) is 0 Å². The second-order valence-corrected chi connectivity index (χ2v) is 5.47. The number of rotatable bonds is 7. The fourth-order valence-electron chi connectivity index (χ4n) is 1.68. The van der Waals surface area contributed by atoms with E-state index in [2.05, 4.69) is 26.0 Å². The summed E-state index contributed by atoms with van der Waals surface area (Å²) in [5, 5.41) is 3.34. The van der Waals surface area contributed by atoms with Crippen LogP contribution in [0.4, 0.5) is 13.2 Å². The van der Waals surface area contributed by atoms with Gasteiger partial charge in [0.2, 0.25) is 0 Å². The summed E-state index contributed by atoms with van der Waals surface area (Å²) in [4.78, 5) is 0. The fourth-order valence-corrected chi connectivity index (χ4v) is 2.09. The molecule has 0 saturated heterocycles. The van der Waals surface area contributed by atoms with E-state index in [0.29, 0.717) is 18.3 Å². The van der Waals surface area contributed by atoms with Gasteiger partial charge in [-0.2, -0.15) is 0 Å². The molecule has 0 amide bonds. The summed E-state index contributed by atoms with van der Waals surface area (Å²) in [5.74, 6) is 0.576. The average Bonchev–Trinajstić information content (AvgIpc) is 3.16. The maximum absolute atomic E-state index is 11.8. The molecule has 1 aromatic carbocycles. The topological polar surface area (TPSA) is 30.5 Å². The van der Waals surface area contributed by atoms with Gasteiger partial charge in [-0.05, 0) is 31.0 Å². The quantitative estimate of drug-likeness (QED) is 0.759. The minimum Gasteiger partial charge on any atom is -0.491 e. The molecule has 7 heteroatoms. The lowest BCUT2D eigenvalue weighted by Gasteiger charge is -2.13. The maximum Gasteiger partial charge on any atom is 0.522 e. The van der Waals surface area contributed by atoms with Crippen molar-refractivity contribution in [2.24, 2.45) is 0 Å². The Balaban J connectivity index is 1.85. The Kier molecular flexibility index (Phi) is 5.29. The Hall–Kier alpha value is -0.790. The highest BCUT2D eigenvalue weighted by atomic mass is 79.9. The number of hydrogen-bond donors (Lipinski definition) is 1. The van der Waals surface area contributed by atoms with Gasteiger partial charge in [0.05, 0.1) is 6.61 Å². The molecular weight excluding hydrogens is 339 g/mol. The van der Waals surface area contributed by atoms with Crippen LogP contribution in [0, 0.1) is 0 Å². The summed E-state index contributed by atoms with van der Waals surface area (Å²) in [7, 11) is 0. The van der Waals surface area contributed by atoms with Crippen LogP contribution in [0.1, 0.15) is 18.4 Å². The van der Waals surface area contributed by atoms with Crippen molar-refractivity contribution in [3.8, 4) is 5.75 Å². The van der Waals surface area contributed by atoms with E-state index < -0.39 is 13.0 Å². The molecule has 0 aliphatic heterocycles. The average molecular weight is 354 g/mol. The van der Waals surface area contributed by atoms with Crippen molar-refractivity contribution in [3.63, 3.8) is 0 Å². The highest BCUT2D eigenvalue weighted by Crippen LogP contribution is 2.25. The summed E-state index contributed by atoms with van der Waals surface area (Å²) in [6.07, 6.45) is -2.27. The van der Waals surface area contributed by atoms with Crippen molar-refractivity contribution < 1.29 is 22.6 Å². The molecule has 0 atom stereocenters. The van der Waals surface area contributed by atoms with Gasteiger partial charge in [-0.3, -0.25) is 4.74 Å². The molecule has 1 saturated carbocycles. The van der Waals surface area contributed by atoms with Gasteiger partial charge >= 0.3 is 6.36 Å². The monoisotopic (exact) mass is 353 g/mol. The first-order valence-corrected chi connectivity index (χ1v) is 7.08. The second kappa shape index (κ2) is 6.78. The summed E-state index contributed by atoms with van der Waals surface area (Å²) >= 11 is 3.37. The Morgan fingerprint density at radius 2 is 2.00 bits per heavy atom. The van der Waals surface area contributed by atoms with Crippen LogP contribution in [-0.2, 0) is 11.3 Å². The van der Waals surface area contributed by atoms with Crippen LogP contribution in [0.3, 0.4) is 0 Å². The molecule has 1 N–H and O–H groups in total. The summed E-state index contributed by atoms with van der Waals surface area (Å²) < 4.78 is 45.4. The molecule has 1 aliphatic carbocycles. The van der Waals surface area contributed by atoms with Gasteiger partial charge in [0.25, 0.3) is 0 Å². The molecule has 0 bridgehead atoms. The minimum atomic E-state index is -4.61. The predicted molar refractivity (Wildman–Crippen MR) is 71.5 cm³/mol. The number of halogens is 4. The van der Waals surface area contributed by atoms with Gasteiger partial charge in [-0.15, -0.1) is 13.2 Å². The van der Waals surface area contributed by atoms with Crippen molar-refractivity contribution in [3.05, 3.63) is 28.2 Å². The molecule has 0 heterocycles. The molecule has 20 heavy (non-hydrogen) atoms. The maximum atomic E-state index is 11.8. The summed E-state index contributed by atoms with van der Waals surface area (Å²) in [6, 6.07) is 5.98. The van der Waals surface area contributed by atoms with Gasteiger partial charge < -0.3 is 10.1 Å². The standard InChI is InChI=1S/C13H15BrF3NO2/c14-10-1-4-12(19-5-6-20-13(15,16)17)9(7-10)8-18-11-2-3-11/h1,4,7,11,18H,2-3,5-6,8H2. The molecule has 112 valence electrons. The van der Waals surface area contributed by atoms with E-state index >= 15 is 0 Å². The van der Waals surface area contributed by atoms with Gasteiger partial charge in [0.1, 0.15) is 12.4 Å². The SMILES string of the molecule is FC(F)(F)OCCOc1ccc(Br)cc1CNC1CC1. The van der Waals surface area contributed by atoms with Crippen LogP contribution in [0.2, 0.25) is 0 Å². The summed E-state index contributed by atoms with van der Waals surface area (Å²) in [6.45, 7) is -0.0216. The third-order valence-corrected chi connectivity index (χ3v) is 3.28. The van der Waals surface area contributed by atoms with Crippen LogP contribution < -0.4 is 10.1 Å². The minimum absolute atomic E-state index is 0.141. The first-order valence-electron chi connectivity index (χ1n) is 6.29. The lowest BCUT2D eigenvalue weighted by atomic mass is 10.2. The van der Waals surface area contributed by atoms with E-state index in [4.69, 9.17) is 4.74 Å². The third-order valence-electron chi connectivity index (χ3n) is 2.79. The Morgan fingerprint density at radius 1 is 1.25 bits per heavy atom. The van der Waals surface area contributed by atoms with E-state index in [1.54, 1.807) is 12.1 Å². The zero-order chi connectivity index (χ0) is 14.6. The lowest BCUT2D eigenvalue weighted by molar-refractivity contribution is -0.325. The number of alkyl halides is 3. The van der Waals surface area contributed by atoms with Gasteiger partial charge in [0, 0.05) is 22.6 Å². The fraction of sp³-hybridized carbons (Fsp3) is 0.538.